The number of hydrogen-bond donors (Lipinski definition) is 1. The van der Waals surface area contributed by atoms with Crippen LogP contribution in [0, 0.1) is 0 Å². The van der Waals surface area contributed by atoms with E-state index in [-0.39, 0.29) is 11.9 Å². The molecule has 4 nitrogen and oxygen atoms in total. The minimum Gasteiger partial charge on any atom is -0.349 e. The van der Waals surface area contributed by atoms with Gasteiger partial charge < -0.3 is 5.32 Å². The molecule has 0 saturated heterocycles. The van der Waals surface area contributed by atoms with Gasteiger partial charge in [-0.25, -0.2) is 0 Å². The Morgan fingerprint density at radius 2 is 2.09 bits per heavy atom. The van der Waals surface area contributed by atoms with Gasteiger partial charge in [-0.3, -0.25) is 4.79 Å². The highest BCUT2D eigenvalue weighted by Crippen LogP contribution is 2.28. The molecule has 118 valence electrons. The van der Waals surface area contributed by atoms with E-state index in [2.05, 4.69) is 22.4 Å². The third kappa shape index (κ3) is 5.46. The van der Waals surface area contributed by atoms with Crippen LogP contribution in [0.2, 0.25) is 5.02 Å². The van der Waals surface area contributed by atoms with Gasteiger partial charge in [-0.05, 0) is 30.4 Å². The van der Waals surface area contributed by atoms with Crippen LogP contribution in [-0.4, -0.2) is 27.6 Å². The Hall–Kier alpha value is -0.760. The number of benzene rings is 1. The van der Waals surface area contributed by atoms with Gasteiger partial charge in [0.25, 0.3) is 0 Å². The van der Waals surface area contributed by atoms with Gasteiger partial charge in [0.15, 0.2) is 8.68 Å². The predicted octanol–water partition coefficient (Wildman–Crippen LogP) is 4.27. The molecule has 1 heterocycles. The molecule has 22 heavy (non-hydrogen) atoms. The van der Waals surface area contributed by atoms with Crippen molar-refractivity contribution in [3.63, 3.8) is 0 Å². The molecule has 2 rings (SSSR count). The summed E-state index contributed by atoms with van der Waals surface area (Å²) in [5, 5.41) is 11.8. The molecule has 1 aromatic heterocycles. The number of nitrogens with one attached hydrogen (secondary N) is 1. The Labute approximate surface area is 147 Å². The Morgan fingerprint density at radius 1 is 1.36 bits per heavy atom. The van der Waals surface area contributed by atoms with Gasteiger partial charge in [0.05, 0.1) is 11.8 Å². The fraction of sp³-hybridized carbons (Fsp3) is 0.357. The monoisotopic (exact) mass is 373 g/mol. The Kier molecular flexibility index (Phi) is 7.01. The van der Waals surface area contributed by atoms with E-state index in [0.717, 1.165) is 20.0 Å². The number of nitrogens with zero attached hydrogens (tertiary/aromatic N) is 2. The van der Waals surface area contributed by atoms with Crippen molar-refractivity contribution in [2.75, 3.05) is 11.5 Å². The fourth-order valence-corrected chi connectivity index (χ4v) is 4.63. The highest BCUT2D eigenvalue weighted by molar-refractivity contribution is 8.03. The molecule has 0 aliphatic carbocycles. The molecular formula is C14H16ClN3OS3. The van der Waals surface area contributed by atoms with Crippen LogP contribution in [0.5, 0.6) is 0 Å². The second kappa shape index (κ2) is 8.76. The van der Waals surface area contributed by atoms with E-state index in [1.807, 2.05) is 31.2 Å². The summed E-state index contributed by atoms with van der Waals surface area (Å²) in [4.78, 5) is 12.0. The third-order valence-electron chi connectivity index (χ3n) is 2.71. The summed E-state index contributed by atoms with van der Waals surface area (Å²) < 4.78 is 1.76. The van der Waals surface area contributed by atoms with Crippen molar-refractivity contribution in [3.05, 3.63) is 34.9 Å². The molecule has 0 radical (unpaired) electrons. The molecule has 2 aromatic rings. The SMILES string of the molecule is CCSc1nnc(SCC(=O)N[C@H](C)c2cccc(Cl)c2)s1. The average Bonchev–Trinajstić information content (AvgIpc) is 2.93. The Bertz CT molecular complexity index is 635. The molecule has 0 aliphatic rings. The molecule has 0 fully saturated rings. The molecule has 1 atom stereocenters. The lowest BCUT2D eigenvalue weighted by atomic mass is 10.1. The van der Waals surface area contributed by atoms with E-state index in [0.29, 0.717) is 10.8 Å². The smallest absolute Gasteiger partial charge is 0.230 e. The summed E-state index contributed by atoms with van der Waals surface area (Å²) in [7, 11) is 0. The number of carbonyl (C=O) groups excluding carboxylic acids is 1. The summed E-state index contributed by atoms with van der Waals surface area (Å²) in [5.74, 6) is 1.27. The first-order chi connectivity index (χ1) is 10.6. The van der Waals surface area contributed by atoms with Gasteiger partial charge >= 0.3 is 0 Å². The first-order valence-corrected chi connectivity index (χ1v) is 9.89. The zero-order chi connectivity index (χ0) is 15.9. The second-order valence-corrected chi connectivity index (χ2v) is 8.55. The van der Waals surface area contributed by atoms with E-state index >= 15 is 0 Å². The van der Waals surface area contributed by atoms with Crippen molar-refractivity contribution >= 4 is 52.4 Å². The zero-order valence-corrected chi connectivity index (χ0v) is 15.4. The van der Waals surface area contributed by atoms with E-state index < -0.39 is 0 Å². The van der Waals surface area contributed by atoms with Crippen LogP contribution in [0.4, 0.5) is 0 Å². The first kappa shape index (κ1) is 17.6. The standard InChI is InChI=1S/C14H16ClN3OS3/c1-3-20-13-17-18-14(22-13)21-8-12(19)16-9(2)10-5-4-6-11(15)7-10/h4-7,9H,3,8H2,1-2H3,(H,16,19)/t9-/m1/s1. The average molecular weight is 374 g/mol. The highest BCUT2D eigenvalue weighted by Gasteiger charge is 2.12. The summed E-state index contributed by atoms with van der Waals surface area (Å²) in [6, 6.07) is 7.43. The molecule has 1 amide bonds. The molecule has 0 spiro atoms. The van der Waals surface area contributed by atoms with Gasteiger partial charge in [0, 0.05) is 5.02 Å². The van der Waals surface area contributed by atoms with Crippen LogP contribution >= 0.6 is 46.5 Å². The Morgan fingerprint density at radius 3 is 2.77 bits per heavy atom. The van der Waals surface area contributed by atoms with Crippen LogP contribution in [0.1, 0.15) is 25.5 Å². The van der Waals surface area contributed by atoms with Gasteiger partial charge in [-0.1, -0.05) is 65.5 Å². The largest absolute Gasteiger partial charge is 0.349 e. The van der Waals surface area contributed by atoms with Crippen LogP contribution in [0.15, 0.2) is 32.9 Å². The predicted molar refractivity (Wildman–Crippen MR) is 95.0 cm³/mol. The molecule has 1 aromatic carbocycles. The summed E-state index contributed by atoms with van der Waals surface area (Å²) in [6.07, 6.45) is 0. The molecule has 8 heteroatoms. The maximum Gasteiger partial charge on any atom is 0.230 e. The number of thioether (sulfide) groups is 2. The number of amides is 1. The van der Waals surface area contributed by atoms with Gasteiger partial charge in [-0.15, -0.1) is 10.2 Å². The van der Waals surface area contributed by atoms with Crippen molar-refractivity contribution < 1.29 is 4.79 Å². The zero-order valence-electron chi connectivity index (χ0n) is 12.2. The highest BCUT2D eigenvalue weighted by atomic mass is 35.5. The maximum absolute atomic E-state index is 12.0. The molecular weight excluding hydrogens is 358 g/mol. The molecule has 0 unspecified atom stereocenters. The van der Waals surface area contributed by atoms with Crippen LogP contribution in [0.25, 0.3) is 0 Å². The summed E-state index contributed by atoms with van der Waals surface area (Å²) in [6.45, 7) is 4.01. The number of carbonyl (C=O) groups is 1. The quantitative estimate of drug-likeness (QED) is 0.734. The molecule has 0 aliphatic heterocycles. The van der Waals surface area contributed by atoms with Crippen LogP contribution < -0.4 is 5.32 Å². The molecule has 1 N–H and O–H groups in total. The minimum atomic E-state index is -0.0765. The van der Waals surface area contributed by atoms with Crippen molar-refractivity contribution in [1.29, 1.82) is 0 Å². The maximum atomic E-state index is 12.0. The van der Waals surface area contributed by atoms with Crippen molar-refractivity contribution in [3.8, 4) is 0 Å². The lowest BCUT2D eigenvalue weighted by molar-refractivity contribution is -0.119. The summed E-state index contributed by atoms with van der Waals surface area (Å²) in [5.41, 5.74) is 0.989. The van der Waals surface area contributed by atoms with Crippen molar-refractivity contribution in [1.82, 2.24) is 15.5 Å². The fourth-order valence-electron chi connectivity index (χ4n) is 1.71. The van der Waals surface area contributed by atoms with E-state index in [1.165, 1.54) is 23.1 Å². The minimum absolute atomic E-state index is 0.0302. The van der Waals surface area contributed by atoms with Crippen LogP contribution in [0.3, 0.4) is 0 Å². The van der Waals surface area contributed by atoms with Gasteiger partial charge in [0.2, 0.25) is 5.91 Å². The van der Waals surface area contributed by atoms with E-state index in [4.69, 9.17) is 11.6 Å². The first-order valence-electron chi connectivity index (χ1n) is 6.72. The molecule has 0 saturated carbocycles. The van der Waals surface area contributed by atoms with E-state index in [1.54, 1.807) is 11.8 Å². The lowest BCUT2D eigenvalue weighted by Gasteiger charge is -2.14. The number of halogens is 1. The number of rotatable bonds is 7. The normalized spacial score (nSPS) is 12.1. The van der Waals surface area contributed by atoms with Crippen LogP contribution in [-0.2, 0) is 4.79 Å². The lowest BCUT2D eigenvalue weighted by Crippen LogP contribution is -2.28. The number of aromatic nitrogens is 2. The topological polar surface area (TPSA) is 54.9 Å². The second-order valence-electron chi connectivity index (χ2n) is 4.40. The summed E-state index contributed by atoms with van der Waals surface area (Å²) >= 11 is 10.6. The third-order valence-corrected chi connectivity index (χ3v) is 6.02. The van der Waals surface area contributed by atoms with Gasteiger partial charge in [-0.2, -0.15) is 0 Å². The van der Waals surface area contributed by atoms with E-state index in [9.17, 15) is 4.79 Å². The van der Waals surface area contributed by atoms with Crippen molar-refractivity contribution in [2.24, 2.45) is 0 Å². The number of hydrogen-bond acceptors (Lipinski definition) is 6. The molecule has 0 bridgehead atoms. The Balaban J connectivity index is 1.82. The van der Waals surface area contributed by atoms with Crippen molar-refractivity contribution in [2.45, 2.75) is 28.6 Å². The van der Waals surface area contributed by atoms with Gasteiger partial charge in [0.1, 0.15) is 0 Å².